The summed E-state index contributed by atoms with van der Waals surface area (Å²) in [6.07, 6.45) is 1.83. The summed E-state index contributed by atoms with van der Waals surface area (Å²) in [4.78, 5) is 35.8. The zero-order valence-corrected chi connectivity index (χ0v) is 18.2. The highest BCUT2D eigenvalue weighted by atomic mass is 32.2. The summed E-state index contributed by atoms with van der Waals surface area (Å²) in [5.41, 5.74) is 0.264. The van der Waals surface area contributed by atoms with E-state index in [1.54, 1.807) is 6.92 Å². The van der Waals surface area contributed by atoms with E-state index in [0.29, 0.717) is 0 Å². The normalized spacial score (nSPS) is 15.2. The van der Waals surface area contributed by atoms with Crippen molar-refractivity contribution in [3.8, 4) is 0 Å². The van der Waals surface area contributed by atoms with Crippen LogP contribution in [-0.2, 0) is 29.1 Å². The maximum absolute atomic E-state index is 12.9. The summed E-state index contributed by atoms with van der Waals surface area (Å²) in [6, 6.07) is 6.96. The molecule has 0 bridgehead atoms. The van der Waals surface area contributed by atoms with Gasteiger partial charge in [0.2, 0.25) is 10.0 Å². The van der Waals surface area contributed by atoms with Crippen molar-refractivity contribution < 1.29 is 36.8 Å². The van der Waals surface area contributed by atoms with Gasteiger partial charge in [-0.3, -0.25) is 9.59 Å². The van der Waals surface area contributed by atoms with Crippen LogP contribution in [0.1, 0.15) is 30.1 Å². The van der Waals surface area contributed by atoms with E-state index in [9.17, 15) is 22.8 Å². The van der Waals surface area contributed by atoms with E-state index in [1.165, 1.54) is 40.9 Å². The predicted molar refractivity (Wildman–Crippen MR) is 110 cm³/mol. The van der Waals surface area contributed by atoms with Gasteiger partial charge in [0, 0.05) is 19.2 Å². The molecule has 0 atom stereocenters. The molecule has 11 nitrogen and oxygen atoms in total. The molecule has 0 unspecified atom stereocenters. The lowest BCUT2D eigenvalue weighted by Crippen LogP contribution is -2.40. The smallest absolute Gasteiger partial charge is 0.338 e. The first-order valence-corrected chi connectivity index (χ1v) is 11.4. The van der Waals surface area contributed by atoms with E-state index in [4.69, 9.17) is 9.47 Å². The van der Waals surface area contributed by atoms with Gasteiger partial charge in [0.15, 0.2) is 12.4 Å². The van der Waals surface area contributed by atoms with Gasteiger partial charge >= 0.3 is 11.9 Å². The number of amides is 1. The Morgan fingerprint density at radius 3 is 2.41 bits per heavy atom. The molecule has 3 rings (SSSR count). The molecule has 0 radical (unpaired) electrons. The van der Waals surface area contributed by atoms with Crippen molar-refractivity contribution >= 4 is 33.7 Å². The third-order valence-corrected chi connectivity index (χ3v) is 6.75. The number of benzene rings is 1. The molecule has 2 aromatic rings. The number of anilines is 1. The summed E-state index contributed by atoms with van der Waals surface area (Å²) in [5.74, 6) is -1.94. The minimum absolute atomic E-state index is 0.0519. The molecule has 1 aromatic carbocycles. The Morgan fingerprint density at radius 1 is 1.12 bits per heavy atom. The van der Waals surface area contributed by atoms with Crippen LogP contribution in [0, 0.1) is 5.92 Å². The molecule has 0 spiro atoms. The van der Waals surface area contributed by atoms with Crippen molar-refractivity contribution in [2.75, 3.05) is 31.6 Å². The number of aromatic nitrogens is 1. The lowest BCUT2D eigenvalue weighted by molar-refractivity contribution is -0.152. The van der Waals surface area contributed by atoms with Gasteiger partial charge in [0.25, 0.3) is 5.91 Å². The first kappa shape index (κ1) is 23.4. The number of carbonyl (C=O) groups is 3. The molecular formula is C20H23N3O8S. The van der Waals surface area contributed by atoms with Crippen LogP contribution >= 0.6 is 0 Å². The average Bonchev–Trinajstić information content (AvgIpc) is 3.31. The number of nitrogens with one attached hydrogen (secondary N) is 1. The second kappa shape index (κ2) is 10.4. The highest BCUT2D eigenvalue weighted by Gasteiger charge is 2.33. The van der Waals surface area contributed by atoms with Gasteiger partial charge < -0.3 is 19.3 Å². The molecule has 12 heteroatoms. The molecule has 1 aliphatic rings. The number of sulfonamides is 1. The Balaban J connectivity index is 1.50. The first-order chi connectivity index (χ1) is 15.3. The molecule has 1 aromatic heterocycles. The number of hydrogen-bond donors (Lipinski definition) is 1. The summed E-state index contributed by atoms with van der Waals surface area (Å²) >= 11 is 0. The van der Waals surface area contributed by atoms with Crippen LogP contribution in [-0.4, -0.2) is 62.0 Å². The fourth-order valence-corrected chi connectivity index (χ4v) is 4.64. The second-order valence-corrected chi connectivity index (χ2v) is 8.90. The number of piperidine rings is 1. The molecule has 172 valence electrons. The largest absolute Gasteiger partial charge is 0.462 e. The van der Waals surface area contributed by atoms with Gasteiger partial charge in [-0.2, -0.15) is 4.31 Å². The number of esters is 2. The number of carbonyl (C=O) groups excluding carboxylic acids is 3. The maximum Gasteiger partial charge on any atom is 0.338 e. The van der Waals surface area contributed by atoms with Gasteiger partial charge in [0.05, 0.1) is 23.0 Å². The third-order valence-electron chi connectivity index (χ3n) is 4.84. The van der Waals surface area contributed by atoms with E-state index in [-0.39, 0.29) is 48.8 Å². The SMILES string of the molecule is CCOC(=O)c1ccc(S(=O)(=O)N2CCC(C(=O)OCC(=O)Nc3ccon3)CC2)cc1. The van der Waals surface area contributed by atoms with Gasteiger partial charge in [-0.05, 0) is 44.0 Å². The van der Waals surface area contributed by atoms with Crippen molar-refractivity contribution in [3.63, 3.8) is 0 Å². The molecule has 1 N–H and O–H groups in total. The molecule has 1 amide bonds. The van der Waals surface area contributed by atoms with Crippen LogP contribution in [0.5, 0.6) is 0 Å². The Bertz CT molecular complexity index is 1040. The van der Waals surface area contributed by atoms with E-state index in [2.05, 4.69) is 15.0 Å². The number of nitrogens with zero attached hydrogens (tertiary/aromatic N) is 2. The van der Waals surface area contributed by atoms with E-state index in [1.807, 2.05) is 0 Å². The molecule has 1 saturated heterocycles. The molecule has 0 aliphatic carbocycles. The Labute approximate surface area is 184 Å². The van der Waals surface area contributed by atoms with Crippen LogP contribution in [0.4, 0.5) is 5.82 Å². The zero-order chi connectivity index (χ0) is 23.1. The monoisotopic (exact) mass is 465 g/mol. The van der Waals surface area contributed by atoms with Crippen molar-refractivity contribution in [2.45, 2.75) is 24.7 Å². The van der Waals surface area contributed by atoms with Gasteiger partial charge in [-0.15, -0.1) is 0 Å². The predicted octanol–water partition coefficient (Wildman–Crippen LogP) is 1.43. The Hall–Kier alpha value is -3.25. The van der Waals surface area contributed by atoms with Crippen LogP contribution < -0.4 is 5.32 Å². The van der Waals surface area contributed by atoms with E-state index >= 15 is 0 Å². The van der Waals surface area contributed by atoms with Crippen LogP contribution in [0.2, 0.25) is 0 Å². The second-order valence-electron chi connectivity index (χ2n) is 6.96. The number of hydrogen-bond acceptors (Lipinski definition) is 9. The fourth-order valence-electron chi connectivity index (χ4n) is 3.17. The summed E-state index contributed by atoms with van der Waals surface area (Å²) < 4.78 is 41.5. The van der Waals surface area contributed by atoms with E-state index in [0.717, 1.165) is 0 Å². The van der Waals surface area contributed by atoms with Gasteiger partial charge in [-0.25, -0.2) is 13.2 Å². The standard InChI is InChI=1S/C20H23N3O8S/c1-2-29-19(25)14-3-5-16(6-4-14)32(27,28)23-10-7-15(8-11-23)20(26)30-13-18(24)21-17-9-12-31-22-17/h3-6,9,12,15H,2,7-8,10-11,13H2,1H3,(H,21,22,24). The molecule has 2 heterocycles. The molecule has 32 heavy (non-hydrogen) atoms. The zero-order valence-electron chi connectivity index (χ0n) is 17.4. The number of ether oxygens (including phenoxy) is 2. The number of rotatable bonds is 8. The van der Waals surface area contributed by atoms with Crippen molar-refractivity contribution in [3.05, 3.63) is 42.2 Å². The van der Waals surface area contributed by atoms with E-state index < -0.39 is 40.4 Å². The first-order valence-electron chi connectivity index (χ1n) is 9.95. The van der Waals surface area contributed by atoms with Crippen LogP contribution in [0.3, 0.4) is 0 Å². The summed E-state index contributed by atoms with van der Waals surface area (Å²) in [5, 5.41) is 5.92. The summed E-state index contributed by atoms with van der Waals surface area (Å²) in [7, 11) is -3.77. The van der Waals surface area contributed by atoms with Gasteiger partial charge in [-0.1, -0.05) is 5.16 Å². The lowest BCUT2D eigenvalue weighted by atomic mass is 9.98. The fraction of sp³-hybridized carbons (Fsp3) is 0.400. The molecule has 0 saturated carbocycles. The third kappa shape index (κ3) is 5.71. The Morgan fingerprint density at radius 2 is 1.81 bits per heavy atom. The molecule has 1 fully saturated rings. The quantitative estimate of drug-likeness (QED) is 0.572. The highest BCUT2D eigenvalue weighted by molar-refractivity contribution is 7.89. The molecule has 1 aliphatic heterocycles. The minimum atomic E-state index is -3.77. The lowest BCUT2D eigenvalue weighted by Gasteiger charge is -2.30. The Kier molecular flexibility index (Phi) is 7.59. The maximum atomic E-state index is 12.9. The molecular weight excluding hydrogens is 442 g/mol. The van der Waals surface area contributed by atoms with Crippen LogP contribution in [0.15, 0.2) is 46.0 Å². The van der Waals surface area contributed by atoms with Crippen molar-refractivity contribution in [2.24, 2.45) is 5.92 Å². The summed E-state index contributed by atoms with van der Waals surface area (Å²) in [6.45, 7) is 1.70. The van der Waals surface area contributed by atoms with Crippen molar-refractivity contribution in [1.82, 2.24) is 9.46 Å². The average molecular weight is 465 g/mol. The topological polar surface area (TPSA) is 145 Å². The van der Waals surface area contributed by atoms with Crippen LogP contribution in [0.25, 0.3) is 0 Å². The van der Waals surface area contributed by atoms with Gasteiger partial charge in [0.1, 0.15) is 6.26 Å². The highest BCUT2D eigenvalue weighted by Crippen LogP contribution is 2.25. The van der Waals surface area contributed by atoms with Crippen molar-refractivity contribution in [1.29, 1.82) is 0 Å². The minimum Gasteiger partial charge on any atom is -0.462 e.